The van der Waals surface area contributed by atoms with E-state index < -0.39 is 11.4 Å². The van der Waals surface area contributed by atoms with Gasteiger partial charge in [-0.1, -0.05) is 77.9 Å². The van der Waals surface area contributed by atoms with Gasteiger partial charge in [-0.3, -0.25) is 0 Å². The second-order valence-corrected chi connectivity index (χ2v) is 16.3. The maximum absolute atomic E-state index is 5.38. The molecule has 0 aromatic heterocycles. The minimum atomic E-state index is -2.22. The smallest absolute Gasteiger partial charge is 0.244 e. The van der Waals surface area contributed by atoms with Crippen molar-refractivity contribution in [3.8, 4) is 0 Å². The van der Waals surface area contributed by atoms with Crippen LogP contribution in [0.1, 0.15) is 79.1 Å². The molecule has 0 saturated heterocycles. The minimum absolute atomic E-state index is 0.670. The zero-order valence-electron chi connectivity index (χ0n) is 16.7. The fraction of sp³-hybridized carbons (Fsp3) is 1.00. The summed E-state index contributed by atoms with van der Waals surface area (Å²) in [6.45, 7) is 11.1. The predicted molar refractivity (Wildman–Crippen MR) is 130 cm³/mol. The largest absolute Gasteiger partial charge is 0.322 e. The van der Waals surface area contributed by atoms with Crippen LogP contribution in [0.15, 0.2) is 0 Å². The summed E-state index contributed by atoms with van der Waals surface area (Å²) in [7, 11) is 0. The van der Waals surface area contributed by atoms with Gasteiger partial charge in [0, 0.05) is 0 Å². The van der Waals surface area contributed by atoms with E-state index in [4.69, 9.17) is 41.7 Å². The molecule has 26 heavy (non-hydrogen) atoms. The molecule has 160 valence electrons. The van der Waals surface area contributed by atoms with E-state index >= 15 is 0 Å². The van der Waals surface area contributed by atoms with Gasteiger partial charge in [0.1, 0.15) is 0 Å². The maximum Gasteiger partial charge on any atom is 0.244 e. The lowest BCUT2D eigenvalue weighted by Crippen LogP contribution is -1.94. The summed E-state index contributed by atoms with van der Waals surface area (Å²) in [5.41, 5.74) is -4.45. The van der Waals surface area contributed by atoms with Crippen LogP contribution >= 0.6 is 35.9 Å². The van der Waals surface area contributed by atoms with E-state index in [2.05, 4.69) is 52.2 Å². The monoisotopic (exact) mass is 484 g/mol. The molecule has 0 fully saturated rings. The molecule has 0 aromatic rings. The number of hydrogen-bond acceptors (Lipinski definition) is 6. The van der Waals surface area contributed by atoms with Crippen LogP contribution in [-0.2, 0) is 41.7 Å². The van der Waals surface area contributed by atoms with E-state index in [1.807, 2.05) is 0 Å². The van der Waals surface area contributed by atoms with E-state index in [-0.39, 0.29) is 0 Å². The lowest BCUT2D eigenvalue weighted by molar-refractivity contribution is 0.253. The van der Waals surface area contributed by atoms with Crippen LogP contribution in [0.3, 0.4) is 0 Å². The van der Waals surface area contributed by atoms with Crippen LogP contribution in [0.4, 0.5) is 0 Å². The zero-order chi connectivity index (χ0) is 20.3. The Morgan fingerprint density at radius 1 is 0.538 bits per heavy atom. The van der Waals surface area contributed by atoms with Crippen molar-refractivity contribution in [2.75, 3.05) is 26.4 Å². The van der Waals surface area contributed by atoms with Crippen molar-refractivity contribution in [2.45, 2.75) is 79.1 Å². The quantitative estimate of drug-likeness (QED) is 0.134. The molecule has 0 rings (SSSR count). The van der Waals surface area contributed by atoms with Crippen molar-refractivity contribution < 1.29 is 18.1 Å². The molecule has 0 amide bonds. The Bertz CT molecular complexity index is 336. The topological polar surface area (TPSA) is 36.9 Å². The van der Waals surface area contributed by atoms with Crippen LogP contribution in [0, 0.1) is 0 Å². The Morgan fingerprint density at radius 3 is 0.885 bits per heavy atom. The van der Waals surface area contributed by atoms with Crippen LogP contribution in [-0.4, -0.2) is 26.4 Å². The molecule has 0 aliphatic carbocycles. The van der Waals surface area contributed by atoms with Crippen LogP contribution < -0.4 is 0 Å². The van der Waals surface area contributed by atoms with Crippen molar-refractivity contribution in [3.05, 3.63) is 0 Å². The van der Waals surface area contributed by atoms with Crippen LogP contribution in [0.5, 0.6) is 0 Å². The fourth-order valence-corrected chi connectivity index (χ4v) is 4.83. The van der Waals surface area contributed by atoms with E-state index in [0.29, 0.717) is 26.4 Å². The Morgan fingerprint density at radius 2 is 0.731 bits per heavy atom. The van der Waals surface area contributed by atoms with Gasteiger partial charge in [-0.15, -0.1) is 0 Å². The molecular weight excluding hydrogens is 446 g/mol. The molecule has 4 nitrogen and oxygen atoms in total. The first-order valence-electron chi connectivity index (χ1n) is 9.48. The molecule has 0 saturated carbocycles. The van der Waals surface area contributed by atoms with Gasteiger partial charge in [0.2, 0.25) is 11.4 Å². The summed E-state index contributed by atoms with van der Waals surface area (Å²) in [6.07, 6.45) is 8.53. The van der Waals surface area contributed by atoms with Crippen molar-refractivity contribution >= 4 is 59.5 Å². The van der Waals surface area contributed by atoms with Gasteiger partial charge in [0.25, 0.3) is 0 Å². The second kappa shape index (κ2) is 20.1. The first-order chi connectivity index (χ1) is 12.2. The summed E-state index contributed by atoms with van der Waals surface area (Å²) in [5, 5.41) is 0. The van der Waals surface area contributed by atoms with Crippen molar-refractivity contribution in [1.82, 2.24) is 0 Å². The van der Waals surface area contributed by atoms with Gasteiger partial charge >= 0.3 is 0 Å². The van der Waals surface area contributed by atoms with Gasteiger partial charge in [0.15, 0.2) is 0 Å². The van der Waals surface area contributed by atoms with Gasteiger partial charge in [-0.05, 0) is 49.3 Å². The first-order valence-corrected chi connectivity index (χ1v) is 17.1. The summed E-state index contributed by atoms with van der Waals surface area (Å²) < 4.78 is 21.5. The minimum Gasteiger partial charge on any atom is -0.322 e. The zero-order valence-corrected chi connectivity index (χ0v) is 21.9. The highest BCUT2D eigenvalue weighted by atomic mass is 32.9. The third-order valence-corrected chi connectivity index (χ3v) is 7.70. The van der Waals surface area contributed by atoms with Gasteiger partial charge in [0.05, 0.1) is 26.4 Å². The molecule has 0 heterocycles. The lowest BCUT2D eigenvalue weighted by atomic mass is 10.4. The molecule has 0 radical (unpaired) electrons. The molecule has 0 N–H and O–H groups in total. The SMILES string of the molecule is CCCCOP(=S)(S)OCCCC.CCCCOP(=S)(S)OCCCC. The molecule has 0 spiro atoms. The molecular formula is C16H38O4P2S4. The summed E-state index contributed by atoms with van der Waals surface area (Å²) in [6, 6.07) is 0. The van der Waals surface area contributed by atoms with E-state index in [0.717, 1.165) is 51.4 Å². The van der Waals surface area contributed by atoms with E-state index in [1.54, 1.807) is 0 Å². The highest BCUT2D eigenvalue weighted by Gasteiger charge is 2.12. The normalized spacial score (nSPS) is 11.9. The van der Waals surface area contributed by atoms with Crippen LogP contribution in [0.25, 0.3) is 0 Å². The summed E-state index contributed by atoms with van der Waals surface area (Å²) in [4.78, 5) is 0. The fourth-order valence-electron chi connectivity index (χ4n) is 1.37. The molecule has 10 heteroatoms. The van der Waals surface area contributed by atoms with Crippen molar-refractivity contribution in [2.24, 2.45) is 0 Å². The molecule has 0 aromatic carbocycles. The highest BCUT2D eigenvalue weighted by molar-refractivity contribution is 8.60. The highest BCUT2D eigenvalue weighted by Crippen LogP contribution is 2.54. The standard InChI is InChI=1S/2C8H19O2PS2/c2*1-3-5-7-9-11(12,13)10-8-6-4-2/h2*3-8H2,1-2H3,(H,12,13). The average Bonchev–Trinajstić information content (AvgIpc) is 2.56. The Kier molecular flexibility index (Phi) is 23.3. The van der Waals surface area contributed by atoms with Crippen LogP contribution in [0.2, 0.25) is 0 Å². The third-order valence-electron chi connectivity index (χ3n) is 3.01. The second-order valence-electron chi connectivity index (χ2n) is 5.68. The molecule has 0 atom stereocenters. The molecule has 0 unspecified atom stereocenters. The first kappa shape index (κ1) is 30.0. The maximum atomic E-state index is 5.38. The van der Waals surface area contributed by atoms with Gasteiger partial charge < -0.3 is 18.1 Å². The number of thiol groups is 2. The molecule has 0 aliphatic heterocycles. The number of unbranched alkanes of at least 4 members (excludes halogenated alkanes) is 4. The third kappa shape index (κ3) is 23.9. The summed E-state index contributed by atoms with van der Waals surface area (Å²) in [5.74, 6) is 0. The predicted octanol–water partition coefficient (Wildman–Crippen LogP) is 7.55. The summed E-state index contributed by atoms with van der Waals surface area (Å²) >= 11 is 18.6. The number of rotatable bonds is 16. The Hall–Kier alpha value is 1.84. The molecule has 0 bridgehead atoms. The number of hydrogen-bond donors (Lipinski definition) is 2. The Balaban J connectivity index is 0. The molecule has 0 aliphatic rings. The Labute approximate surface area is 182 Å². The van der Waals surface area contributed by atoms with E-state index in [1.165, 1.54) is 0 Å². The van der Waals surface area contributed by atoms with Gasteiger partial charge in [-0.25, -0.2) is 0 Å². The van der Waals surface area contributed by atoms with Crippen molar-refractivity contribution in [1.29, 1.82) is 0 Å². The van der Waals surface area contributed by atoms with Crippen molar-refractivity contribution in [3.63, 3.8) is 0 Å². The van der Waals surface area contributed by atoms with Gasteiger partial charge in [-0.2, -0.15) is 0 Å². The van der Waals surface area contributed by atoms with E-state index in [9.17, 15) is 0 Å². The lowest BCUT2D eigenvalue weighted by Gasteiger charge is -2.16. The average molecular weight is 485 g/mol.